The molecule has 194 valence electrons. The molecule has 3 aromatic heterocycles. The monoisotopic (exact) mass is 518 g/mol. The summed E-state index contributed by atoms with van der Waals surface area (Å²) in [5, 5.41) is 14.9. The number of piperidine rings is 2. The van der Waals surface area contributed by atoms with Crippen LogP contribution in [0.2, 0.25) is 0 Å². The number of fused-ring (bicyclic) bond motifs is 1. The molecule has 3 aromatic rings. The topological polar surface area (TPSA) is 147 Å². The Labute approximate surface area is 209 Å². The predicted octanol–water partition coefficient (Wildman–Crippen LogP) is 1.17. The van der Waals surface area contributed by atoms with Gasteiger partial charge in [0.25, 0.3) is 0 Å². The molecule has 0 aliphatic carbocycles. The van der Waals surface area contributed by atoms with E-state index in [9.17, 15) is 13.2 Å². The number of aromatic nitrogens is 5. The molecule has 0 saturated carbocycles. The number of aromatic amines is 1. The highest BCUT2D eigenvalue weighted by molar-refractivity contribution is 7.72. The number of anilines is 1. The fraction of sp³-hybridized carbons (Fsp3) is 0.545. The minimum absolute atomic E-state index is 0.0901. The Hall–Kier alpha value is -3.39. The van der Waals surface area contributed by atoms with Gasteiger partial charge in [-0.1, -0.05) is 0 Å². The van der Waals surface area contributed by atoms with Gasteiger partial charge in [-0.15, -0.1) is 5.10 Å². The lowest BCUT2D eigenvalue weighted by Gasteiger charge is -2.31. The summed E-state index contributed by atoms with van der Waals surface area (Å²) in [4.78, 5) is 20.2. The van der Waals surface area contributed by atoms with Crippen LogP contribution in [0.4, 0.5) is 10.7 Å². The molecule has 0 spiro atoms. The highest BCUT2D eigenvalue weighted by atomic mass is 32.2. The maximum absolute atomic E-state index is 11.8. The van der Waals surface area contributed by atoms with E-state index in [4.69, 9.17) is 14.5 Å². The maximum Gasteiger partial charge on any atom is 0.409 e. The lowest BCUT2D eigenvalue weighted by molar-refractivity contribution is 0.0796. The van der Waals surface area contributed by atoms with Crippen LogP contribution < -0.4 is 10.1 Å². The summed E-state index contributed by atoms with van der Waals surface area (Å²) in [5.74, 6) is 1.22. The molecule has 0 aromatic carbocycles. The van der Waals surface area contributed by atoms with Crippen LogP contribution in [-0.4, -0.2) is 100 Å². The number of ether oxygens (including phenoxy) is 2. The third kappa shape index (κ3) is 5.38. The summed E-state index contributed by atoms with van der Waals surface area (Å²) < 4.78 is 35.0. The van der Waals surface area contributed by atoms with Crippen LogP contribution in [-0.2, 0) is 15.4 Å². The number of carbonyl (C=O) groups excluding carboxylic acids is 1. The van der Waals surface area contributed by atoms with Crippen molar-refractivity contribution in [3.63, 3.8) is 0 Å². The average Bonchev–Trinajstić information content (AvgIpc) is 3.55. The SMILES string of the molecule is COC(=O)N1CCC(Oc2c(-c3cn[nH]c3)ccn3nc(NC4CCN(C[SH](=O)=O)CC4)nc23)CC1. The second-order valence-corrected chi connectivity index (χ2v) is 9.98. The number of carbonyl (C=O) groups is 1. The first-order chi connectivity index (χ1) is 17.5. The normalized spacial score (nSPS) is 18.1. The molecule has 1 amide bonds. The Bertz CT molecular complexity index is 1250. The number of amides is 1. The molecule has 5 heterocycles. The molecule has 0 radical (unpaired) electrons. The van der Waals surface area contributed by atoms with Crippen molar-refractivity contribution in [1.29, 1.82) is 0 Å². The number of pyridine rings is 1. The van der Waals surface area contributed by atoms with Gasteiger partial charge in [-0.3, -0.25) is 10.00 Å². The van der Waals surface area contributed by atoms with Crippen LogP contribution in [0.25, 0.3) is 16.8 Å². The molecule has 5 rings (SSSR count). The van der Waals surface area contributed by atoms with Crippen molar-refractivity contribution >= 4 is 28.4 Å². The van der Waals surface area contributed by atoms with Crippen molar-refractivity contribution in [3.8, 4) is 16.9 Å². The highest BCUT2D eigenvalue weighted by Gasteiger charge is 2.27. The number of nitrogens with one attached hydrogen (secondary N) is 2. The van der Waals surface area contributed by atoms with Gasteiger partial charge in [-0.25, -0.2) is 17.7 Å². The first kappa shape index (κ1) is 24.3. The number of nitrogens with zero attached hydrogens (tertiary/aromatic N) is 6. The predicted molar refractivity (Wildman–Crippen MR) is 132 cm³/mol. The third-order valence-corrected chi connectivity index (χ3v) is 7.30. The Morgan fingerprint density at radius 2 is 1.97 bits per heavy atom. The zero-order valence-electron chi connectivity index (χ0n) is 20.0. The van der Waals surface area contributed by atoms with Gasteiger partial charge in [0.2, 0.25) is 5.95 Å². The zero-order chi connectivity index (χ0) is 25.1. The van der Waals surface area contributed by atoms with E-state index in [1.807, 2.05) is 17.2 Å². The summed E-state index contributed by atoms with van der Waals surface area (Å²) in [6.45, 7) is 2.52. The summed E-state index contributed by atoms with van der Waals surface area (Å²) in [7, 11) is -1.02. The molecule has 14 heteroatoms. The first-order valence-electron chi connectivity index (χ1n) is 12.0. The molecular formula is C22H30N8O5S. The molecule has 0 atom stereocenters. The molecule has 2 aliphatic heterocycles. The van der Waals surface area contributed by atoms with Crippen LogP contribution in [0.5, 0.6) is 5.75 Å². The van der Waals surface area contributed by atoms with Crippen molar-refractivity contribution in [2.75, 3.05) is 44.5 Å². The lowest BCUT2D eigenvalue weighted by Crippen LogP contribution is -2.41. The van der Waals surface area contributed by atoms with Crippen molar-refractivity contribution < 1.29 is 22.7 Å². The Balaban J connectivity index is 1.35. The molecule has 2 N–H and O–H groups in total. The molecule has 13 nitrogen and oxygen atoms in total. The van der Waals surface area contributed by atoms with Gasteiger partial charge in [0.1, 0.15) is 6.10 Å². The number of hydrogen-bond donors (Lipinski definition) is 3. The second kappa shape index (κ2) is 10.7. The van der Waals surface area contributed by atoms with Crippen LogP contribution in [0.1, 0.15) is 25.7 Å². The van der Waals surface area contributed by atoms with E-state index in [2.05, 4.69) is 20.6 Å². The van der Waals surface area contributed by atoms with E-state index in [1.54, 1.807) is 21.8 Å². The number of likely N-dealkylation sites (tertiary alicyclic amines) is 2. The Kier molecular flexibility index (Phi) is 7.23. The van der Waals surface area contributed by atoms with E-state index in [0.29, 0.717) is 56.4 Å². The maximum atomic E-state index is 11.8. The van der Waals surface area contributed by atoms with Crippen LogP contribution in [0, 0.1) is 0 Å². The molecule has 0 unspecified atom stereocenters. The van der Waals surface area contributed by atoms with Gasteiger partial charge in [0.05, 0.1) is 19.2 Å². The summed E-state index contributed by atoms with van der Waals surface area (Å²) >= 11 is 0. The number of rotatable bonds is 7. The number of hydrogen-bond acceptors (Lipinski definition) is 10. The van der Waals surface area contributed by atoms with E-state index in [1.165, 1.54) is 7.11 Å². The zero-order valence-corrected chi connectivity index (χ0v) is 20.9. The molecule has 2 saturated heterocycles. The Morgan fingerprint density at radius 3 is 2.64 bits per heavy atom. The van der Waals surface area contributed by atoms with Gasteiger partial charge in [0, 0.05) is 68.6 Å². The highest BCUT2D eigenvalue weighted by Crippen LogP contribution is 2.35. The molecule has 2 fully saturated rings. The summed E-state index contributed by atoms with van der Waals surface area (Å²) in [5.41, 5.74) is 2.32. The van der Waals surface area contributed by atoms with Gasteiger partial charge in [-0.2, -0.15) is 10.1 Å². The standard InChI is InChI=1S/C22H30N8O5S/c1-34-22(31)29-9-4-17(5-10-29)35-19-18(15-12-23-24-13-15)6-11-30-20(19)26-21(27-30)25-16-2-7-28(8-3-16)14-36(32)33/h6,11-13,16-17,36H,2-5,7-10,14H2,1H3,(H,23,24)(H,25,27). The van der Waals surface area contributed by atoms with E-state index >= 15 is 0 Å². The van der Waals surface area contributed by atoms with E-state index in [-0.39, 0.29) is 24.1 Å². The largest absolute Gasteiger partial charge is 0.486 e. The molecule has 2 aliphatic rings. The minimum Gasteiger partial charge on any atom is -0.486 e. The van der Waals surface area contributed by atoms with E-state index < -0.39 is 10.7 Å². The van der Waals surface area contributed by atoms with Crippen molar-refractivity contribution in [2.24, 2.45) is 0 Å². The van der Waals surface area contributed by atoms with Crippen LogP contribution in [0.15, 0.2) is 24.7 Å². The lowest BCUT2D eigenvalue weighted by atomic mass is 10.1. The van der Waals surface area contributed by atoms with Gasteiger partial charge in [0.15, 0.2) is 22.1 Å². The number of thiol groups is 1. The van der Waals surface area contributed by atoms with Crippen molar-refractivity contribution in [2.45, 2.75) is 37.8 Å². The minimum atomic E-state index is -2.41. The number of H-pyrrole nitrogens is 1. The van der Waals surface area contributed by atoms with Crippen LogP contribution in [0.3, 0.4) is 0 Å². The van der Waals surface area contributed by atoms with Crippen LogP contribution >= 0.6 is 0 Å². The second-order valence-electron chi connectivity index (χ2n) is 9.03. The fourth-order valence-electron chi connectivity index (χ4n) is 4.74. The summed E-state index contributed by atoms with van der Waals surface area (Å²) in [6.07, 6.45) is 7.93. The molecular weight excluding hydrogens is 488 g/mol. The van der Waals surface area contributed by atoms with Gasteiger partial charge < -0.3 is 19.7 Å². The molecule has 36 heavy (non-hydrogen) atoms. The Morgan fingerprint density at radius 1 is 1.19 bits per heavy atom. The summed E-state index contributed by atoms with van der Waals surface area (Å²) in [6, 6.07) is 2.08. The number of methoxy groups -OCH3 is 1. The van der Waals surface area contributed by atoms with Gasteiger partial charge in [-0.05, 0) is 18.9 Å². The fourth-order valence-corrected chi connectivity index (χ4v) is 5.35. The smallest absolute Gasteiger partial charge is 0.409 e. The van der Waals surface area contributed by atoms with E-state index in [0.717, 1.165) is 24.0 Å². The average molecular weight is 519 g/mol. The quantitative estimate of drug-likeness (QED) is 0.390. The van der Waals surface area contributed by atoms with Gasteiger partial charge >= 0.3 is 6.09 Å². The molecule has 0 bridgehead atoms. The van der Waals surface area contributed by atoms with Crippen molar-refractivity contribution in [3.05, 3.63) is 24.7 Å². The third-order valence-electron chi connectivity index (χ3n) is 6.67. The van der Waals surface area contributed by atoms with Crippen molar-refractivity contribution in [1.82, 2.24) is 34.6 Å². The first-order valence-corrected chi connectivity index (χ1v) is 13.3.